The second-order valence-corrected chi connectivity index (χ2v) is 4.21. The fourth-order valence-corrected chi connectivity index (χ4v) is 1.63. The van der Waals surface area contributed by atoms with Gasteiger partial charge in [-0.1, -0.05) is 17.7 Å². The fraction of sp³-hybridized carbons (Fsp3) is 0.0769. The van der Waals surface area contributed by atoms with E-state index in [0.29, 0.717) is 16.3 Å². The Hall–Kier alpha value is -2.07. The topological polar surface area (TPSA) is 72.0 Å². The molecule has 1 heterocycles. The van der Waals surface area contributed by atoms with E-state index in [0.717, 1.165) is 5.56 Å². The number of nitrogens with zero attached hydrogens (tertiary/aromatic N) is 1. The van der Waals surface area contributed by atoms with Crippen LogP contribution in [0.25, 0.3) is 0 Å². The molecule has 3 N–H and O–H groups in total. The maximum Gasteiger partial charge on any atom is 0.230 e. The monoisotopic (exact) mass is 261 g/mol. The lowest BCUT2D eigenvalue weighted by molar-refractivity contribution is 0.461. The van der Waals surface area contributed by atoms with Gasteiger partial charge < -0.3 is 10.5 Å². The van der Waals surface area contributed by atoms with Crippen LogP contribution in [-0.2, 0) is 0 Å². The van der Waals surface area contributed by atoms with Crippen LogP contribution in [0.3, 0.4) is 0 Å². The van der Waals surface area contributed by atoms with Crippen molar-refractivity contribution in [3.63, 3.8) is 0 Å². The molecule has 0 atom stereocenters. The molecule has 0 aliphatic heterocycles. The van der Waals surface area contributed by atoms with Crippen molar-refractivity contribution in [2.75, 3.05) is 0 Å². The van der Waals surface area contributed by atoms with Gasteiger partial charge in [0, 0.05) is 6.20 Å². The van der Waals surface area contributed by atoms with Gasteiger partial charge in [-0.2, -0.15) is 0 Å². The van der Waals surface area contributed by atoms with Crippen LogP contribution in [0.1, 0.15) is 11.1 Å². The van der Waals surface area contributed by atoms with Crippen LogP contribution >= 0.6 is 11.6 Å². The molecule has 92 valence electrons. The third kappa shape index (κ3) is 2.60. The summed E-state index contributed by atoms with van der Waals surface area (Å²) in [7, 11) is 0. The lowest BCUT2D eigenvalue weighted by Gasteiger charge is -2.10. The van der Waals surface area contributed by atoms with Crippen molar-refractivity contribution >= 4 is 17.4 Å². The molecular weight excluding hydrogens is 250 g/mol. The highest BCUT2D eigenvalue weighted by Gasteiger charge is 2.10. The normalized spacial score (nSPS) is 10.1. The number of hydrogen-bond donors (Lipinski definition) is 2. The second kappa shape index (κ2) is 5.06. The average molecular weight is 262 g/mol. The fourth-order valence-electron chi connectivity index (χ4n) is 1.47. The molecule has 4 nitrogen and oxygen atoms in total. The third-order valence-corrected chi connectivity index (χ3v) is 2.67. The Kier molecular flexibility index (Phi) is 3.48. The van der Waals surface area contributed by atoms with Crippen LogP contribution in [-0.4, -0.2) is 10.8 Å². The Balaban J connectivity index is 2.40. The summed E-state index contributed by atoms with van der Waals surface area (Å²) in [5.41, 5.74) is 6.93. The Bertz CT molecular complexity index is 599. The number of nitrogen functional groups attached to an aromatic ring is 1. The third-order valence-electron chi connectivity index (χ3n) is 2.35. The largest absolute Gasteiger partial charge is 0.437 e. The molecule has 0 saturated heterocycles. The molecule has 0 spiro atoms. The maximum atomic E-state index is 7.46. The number of benzene rings is 1. The summed E-state index contributed by atoms with van der Waals surface area (Å²) in [6.07, 6.45) is 1.57. The molecule has 0 saturated carbocycles. The van der Waals surface area contributed by atoms with Crippen LogP contribution < -0.4 is 10.5 Å². The number of pyridine rings is 1. The van der Waals surface area contributed by atoms with Crippen LogP contribution in [0.4, 0.5) is 0 Å². The van der Waals surface area contributed by atoms with E-state index in [4.69, 9.17) is 27.5 Å². The van der Waals surface area contributed by atoms with Gasteiger partial charge in [-0.15, -0.1) is 0 Å². The summed E-state index contributed by atoms with van der Waals surface area (Å²) < 4.78 is 5.62. The molecule has 1 aromatic heterocycles. The van der Waals surface area contributed by atoms with Gasteiger partial charge in [-0.25, -0.2) is 4.98 Å². The number of hydrogen-bond acceptors (Lipinski definition) is 3. The number of rotatable bonds is 3. The predicted octanol–water partition coefficient (Wildman–Crippen LogP) is 3.12. The molecule has 0 unspecified atom stereocenters. The van der Waals surface area contributed by atoms with E-state index in [-0.39, 0.29) is 11.7 Å². The van der Waals surface area contributed by atoms with Crippen LogP contribution in [0.2, 0.25) is 5.02 Å². The standard InChI is InChI=1S/C13H12ClN3O/c1-8-4-5-10(14)11(7-8)18-13-9(12(15)16)3-2-6-17-13/h2-7H,1H3,(H3,15,16). The van der Waals surface area contributed by atoms with Gasteiger partial charge in [0.2, 0.25) is 5.88 Å². The zero-order chi connectivity index (χ0) is 13.1. The van der Waals surface area contributed by atoms with Crippen molar-refractivity contribution in [2.45, 2.75) is 6.92 Å². The molecule has 0 bridgehead atoms. The Morgan fingerprint density at radius 3 is 2.89 bits per heavy atom. The molecule has 18 heavy (non-hydrogen) atoms. The zero-order valence-electron chi connectivity index (χ0n) is 9.77. The lowest BCUT2D eigenvalue weighted by Crippen LogP contribution is -2.12. The first kappa shape index (κ1) is 12.4. The SMILES string of the molecule is Cc1ccc(Cl)c(Oc2ncccc2C(=N)N)c1. The van der Waals surface area contributed by atoms with Gasteiger partial charge in [-0.05, 0) is 36.8 Å². The van der Waals surface area contributed by atoms with E-state index in [9.17, 15) is 0 Å². The minimum absolute atomic E-state index is 0.0955. The molecule has 0 amide bonds. The van der Waals surface area contributed by atoms with Crippen LogP contribution in [0.5, 0.6) is 11.6 Å². The number of nitrogens with one attached hydrogen (secondary N) is 1. The number of halogens is 1. The van der Waals surface area contributed by atoms with E-state index in [1.54, 1.807) is 30.5 Å². The summed E-state index contributed by atoms with van der Waals surface area (Å²) >= 11 is 6.04. The van der Waals surface area contributed by atoms with Crippen molar-refractivity contribution < 1.29 is 4.74 Å². The minimum atomic E-state index is -0.0955. The second-order valence-electron chi connectivity index (χ2n) is 3.81. The van der Waals surface area contributed by atoms with Gasteiger partial charge in [0.05, 0.1) is 10.6 Å². The van der Waals surface area contributed by atoms with E-state index in [1.165, 1.54) is 0 Å². The van der Waals surface area contributed by atoms with E-state index in [2.05, 4.69) is 4.98 Å². The number of aromatic nitrogens is 1. The first-order valence-corrected chi connectivity index (χ1v) is 5.69. The number of aryl methyl sites for hydroxylation is 1. The number of ether oxygens (including phenoxy) is 1. The number of nitrogens with two attached hydrogens (primary N) is 1. The first-order chi connectivity index (χ1) is 8.58. The maximum absolute atomic E-state index is 7.46. The molecule has 0 aliphatic carbocycles. The highest BCUT2D eigenvalue weighted by atomic mass is 35.5. The zero-order valence-corrected chi connectivity index (χ0v) is 10.5. The van der Waals surface area contributed by atoms with Gasteiger partial charge in [-0.3, -0.25) is 5.41 Å². The highest BCUT2D eigenvalue weighted by Crippen LogP contribution is 2.30. The number of amidine groups is 1. The molecule has 0 fully saturated rings. The first-order valence-electron chi connectivity index (χ1n) is 5.31. The van der Waals surface area contributed by atoms with Gasteiger partial charge in [0.25, 0.3) is 0 Å². The van der Waals surface area contributed by atoms with E-state index >= 15 is 0 Å². The van der Waals surface area contributed by atoms with Gasteiger partial charge in [0.15, 0.2) is 0 Å². The highest BCUT2D eigenvalue weighted by molar-refractivity contribution is 6.32. The van der Waals surface area contributed by atoms with Crippen molar-refractivity contribution in [2.24, 2.45) is 5.73 Å². The summed E-state index contributed by atoms with van der Waals surface area (Å²) in [6.45, 7) is 1.94. The van der Waals surface area contributed by atoms with E-state index < -0.39 is 0 Å². The molecule has 2 aromatic rings. The predicted molar refractivity (Wildman–Crippen MR) is 71.5 cm³/mol. The summed E-state index contributed by atoms with van der Waals surface area (Å²) in [5.74, 6) is 0.678. The summed E-state index contributed by atoms with van der Waals surface area (Å²) in [5, 5.41) is 7.95. The quantitative estimate of drug-likeness (QED) is 0.659. The van der Waals surface area contributed by atoms with Crippen molar-refractivity contribution in [1.29, 1.82) is 5.41 Å². The Morgan fingerprint density at radius 2 is 2.17 bits per heavy atom. The van der Waals surface area contributed by atoms with Gasteiger partial charge in [0.1, 0.15) is 11.6 Å². The summed E-state index contributed by atoms with van der Waals surface area (Å²) in [4.78, 5) is 4.06. The van der Waals surface area contributed by atoms with Gasteiger partial charge >= 0.3 is 0 Å². The Morgan fingerprint density at radius 1 is 1.39 bits per heavy atom. The molecule has 5 heteroatoms. The van der Waals surface area contributed by atoms with Crippen LogP contribution in [0.15, 0.2) is 36.5 Å². The van der Waals surface area contributed by atoms with Crippen molar-refractivity contribution in [3.8, 4) is 11.6 Å². The average Bonchev–Trinajstić information content (AvgIpc) is 2.34. The van der Waals surface area contributed by atoms with E-state index in [1.807, 2.05) is 13.0 Å². The molecule has 0 aliphatic rings. The van der Waals surface area contributed by atoms with Crippen molar-refractivity contribution in [1.82, 2.24) is 4.98 Å². The smallest absolute Gasteiger partial charge is 0.230 e. The minimum Gasteiger partial charge on any atom is -0.437 e. The Labute approximate surface area is 110 Å². The molecular formula is C13H12ClN3O. The van der Waals surface area contributed by atoms with Crippen LogP contribution in [0, 0.1) is 12.3 Å². The molecule has 1 aromatic carbocycles. The molecule has 0 radical (unpaired) electrons. The summed E-state index contributed by atoms with van der Waals surface area (Å²) in [6, 6.07) is 8.82. The molecule has 2 rings (SSSR count). The lowest BCUT2D eigenvalue weighted by atomic mass is 10.2. The van der Waals surface area contributed by atoms with Crippen molar-refractivity contribution in [3.05, 3.63) is 52.7 Å².